The van der Waals surface area contributed by atoms with Gasteiger partial charge in [0.2, 0.25) is 0 Å². The minimum atomic E-state index is -3.60. The molecule has 0 aromatic heterocycles. The largest absolute Gasteiger partial charge is 0.263 e. The van der Waals surface area contributed by atoms with Crippen LogP contribution in [0, 0.1) is 0 Å². The van der Waals surface area contributed by atoms with E-state index < -0.39 is 10.0 Å². The summed E-state index contributed by atoms with van der Waals surface area (Å²) in [7, 11) is -3.60. The van der Waals surface area contributed by atoms with E-state index in [9.17, 15) is 8.42 Å². The summed E-state index contributed by atoms with van der Waals surface area (Å²) in [6.45, 7) is 0. The third kappa shape index (κ3) is 4.90. The van der Waals surface area contributed by atoms with Crippen molar-refractivity contribution in [1.29, 1.82) is 0 Å². The van der Waals surface area contributed by atoms with E-state index in [1.165, 1.54) is 43.2 Å². The van der Waals surface area contributed by atoms with E-state index in [0.29, 0.717) is 10.2 Å². The molecular weight excluding hydrogens is 328 g/mol. The Morgan fingerprint density at radius 3 is 2.43 bits per heavy atom. The van der Waals surface area contributed by atoms with Crippen LogP contribution in [0.15, 0.2) is 34.2 Å². The highest BCUT2D eigenvalue weighted by atomic mass is 35.5. The predicted octanol–water partition coefficient (Wildman–Crippen LogP) is 3.67. The summed E-state index contributed by atoms with van der Waals surface area (Å²) >= 11 is 7.10. The second-order valence-electron chi connectivity index (χ2n) is 4.99. The first-order valence-electron chi connectivity index (χ1n) is 6.91. The van der Waals surface area contributed by atoms with Crippen LogP contribution in [-0.2, 0) is 10.0 Å². The number of nitrogens with zero attached hydrogens (tertiary/aromatic N) is 1. The average Bonchev–Trinajstić information content (AvgIpc) is 2.48. The van der Waals surface area contributed by atoms with Crippen LogP contribution >= 0.6 is 23.4 Å². The Kier molecular flexibility index (Phi) is 5.96. The lowest BCUT2D eigenvalue weighted by Crippen LogP contribution is -2.30. The van der Waals surface area contributed by atoms with Crippen LogP contribution in [0.3, 0.4) is 0 Å². The van der Waals surface area contributed by atoms with Gasteiger partial charge >= 0.3 is 0 Å². The first kappa shape index (κ1) is 16.6. The van der Waals surface area contributed by atoms with Crippen molar-refractivity contribution in [3.63, 3.8) is 0 Å². The van der Waals surface area contributed by atoms with Crippen LogP contribution in [0.5, 0.6) is 0 Å². The van der Waals surface area contributed by atoms with Crippen LogP contribution in [0.4, 0.5) is 0 Å². The molecule has 1 aromatic carbocycles. The fourth-order valence-electron chi connectivity index (χ4n) is 2.28. The first-order chi connectivity index (χ1) is 10.0. The Balaban J connectivity index is 2.12. The molecule has 1 aromatic rings. The van der Waals surface area contributed by atoms with Crippen LogP contribution < -0.4 is 4.72 Å². The van der Waals surface area contributed by atoms with Crippen molar-refractivity contribution in [2.75, 3.05) is 6.26 Å². The molecule has 0 heterocycles. The molecule has 1 aliphatic rings. The molecule has 1 N–H and O–H groups in total. The number of aliphatic imine (C=N–C) groups is 1. The molecule has 0 radical (unpaired) electrons. The van der Waals surface area contributed by atoms with Crippen molar-refractivity contribution in [3.8, 4) is 0 Å². The van der Waals surface area contributed by atoms with Gasteiger partial charge in [0.1, 0.15) is 0 Å². The van der Waals surface area contributed by atoms with Crippen molar-refractivity contribution >= 4 is 38.6 Å². The lowest BCUT2D eigenvalue weighted by Gasteiger charge is -2.19. The van der Waals surface area contributed by atoms with Gasteiger partial charge in [-0.15, -0.1) is 0 Å². The van der Waals surface area contributed by atoms with Crippen LogP contribution in [0.25, 0.3) is 0 Å². The van der Waals surface area contributed by atoms with Crippen LogP contribution in [-0.4, -0.2) is 25.9 Å². The SMILES string of the molecule is CSC(=NC1CCCCC1)NS(=O)(=O)c1ccc(Cl)cc1. The summed E-state index contributed by atoms with van der Waals surface area (Å²) in [5, 5.41) is 0.965. The topological polar surface area (TPSA) is 58.5 Å². The highest BCUT2D eigenvalue weighted by Crippen LogP contribution is 2.21. The zero-order valence-corrected chi connectivity index (χ0v) is 14.3. The molecule has 1 aliphatic carbocycles. The van der Waals surface area contributed by atoms with Crippen molar-refractivity contribution < 1.29 is 8.42 Å². The molecule has 0 aliphatic heterocycles. The smallest absolute Gasteiger partial charge is 0.259 e. The van der Waals surface area contributed by atoms with E-state index in [4.69, 9.17) is 11.6 Å². The highest BCUT2D eigenvalue weighted by molar-refractivity contribution is 8.14. The summed E-state index contributed by atoms with van der Waals surface area (Å²) in [4.78, 5) is 4.74. The summed E-state index contributed by atoms with van der Waals surface area (Å²) < 4.78 is 27.2. The lowest BCUT2D eigenvalue weighted by atomic mass is 9.96. The second-order valence-corrected chi connectivity index (χ2v) is 7.90. The van der Waals surface area contributed by atoms with Crippen molar-refractivity contribution in [1.82, 2.24) is 4.72 Å². The van der Waals surface area contributed by atoms with Gasteiger partial charge in [-0.25, -0.2) is 8.42 Å². The van der Waals surface area contributed by atoms with Crippen LogP contribution in [0.1, 0.15) is 32.1 Å². The fraction of sp³-hybridized carbons (Fsp3) is 0.500. The maximum atomic E-state index is 12.3. The van der Waals surface area contributed by atoms with Gasteiger partial charge in [0.05, 0.1) is 10.9 Å². The molecule has 2 rings (SSSR count). The number of nitrogens with one attached hydrogen (secondary N) is 1. The van der Waals surface area contributed by atoms with E-state index in [1.807, 2.05) is 6.26 Å². The molecule has 1 fully saturated rings. The van der Waals surface area contributed by atoms with Crippen molar-refractivity contribution in [3.05, 3.63) is 29.3 Å². The minimum Gasteiger partial charge on any atom is -0.259 e. The normalized spacial score (nSPS) is 17.7. The minimum absolute atomic E-state index is 0.192. The molecule has 0 bridgehead atoms. The van der Waals surface area contributed by atoms with Gasteiger partial charge in [0, 0.05) is 5.02 Å². The number of amidine groups is 1. The number of hydrogen-bond acceptors (Lipinski definition) is 4. The Morgan fingerprint density at radius 2 is 1.86 bits per heavy atom. The summed E-state index contributed by atoms with van der Waals surface area (Å²) in [5.74, 6) is 0. The van der Waals surface area contributed by atoms with E-state index in [0.717, 1.165) is 12.8 Å². The van der Waals surface area contributed by atoms with Crippen molar-refractivity contribution in [2.24, 2.45) is 4.99 Å². The molecular formula is C14H19ClN2O2S2. The molecule has 7 heteroatoms. The molecule has 116 valence electrons. The summed E-state index contributed by atoms with van der Waals surface area (Å²) in [6.07, 6.45) is 7.47. The molecule has 0 atom stereocenters. The highest BCUT2D eigenvalue weighted by Gasteiger charge is 2.18. The van der Waals surface area contributed by atoms with Crippen molar-refractivity contribution in [2.45, 2.75) is 43.0 Å². The van der Waals surface area contributed by atoms with Gasteiger partial charge in [-0.2, -0.15) is 0 Å². The van der Waals surface area contributed by atoms with Gasteiger partial charge in [-0.05, 0) is 43.4 Å². The predicted molar refractivity (Wildman–Crippen MR) is 89.6 cm³/mol. The quantitative estimate of drug-likeness (QED) is 0.671. The molecule has 0 saturated heterocycles. The van der Waals surface area contributed by atoms with Gasteiger partial charge < -0.3 is 0 Å². The number of benzene rings is 1. The number of sulfonamides is 1. The summed E-state index contributed by atoms with van der Waals surface area (Å²) in [6, 6.07) is 6.33. The van der Waals surface area contributed by atoms with Gasteiger partial charge in [0.25, 0.3) is 10.0 Å². The molecule has 21 heavy (non-hydrogen) atoms. The Hall–Kier alpha value is -0.720. The standard InChI is InChI=1S/C14H19ClN2O2S2/c1-20-14(16-12-5-3-2-4-6-12)17-21(18,19)13-9-7-11(15)8-10-13/h7-10,12H,2-6H2,1H3,(H,16,17). The Bertz CT molecular complexity index is 594. The fourth-order valence-corrected chi connectivity index (χ4v) is 4.22. The van der Waals surface area contributed by atoms with Gasteiger partial charge in [0.15, 0.2) is 5.17 Å². The van der Waals surface area contributed by atoms with Gasteiger partial charge in [-0.1, -0.05) is 42.6 Å². The first-order valence-corrected chi connectivity index (χ1v) is 10.00. The maximum Gasteiger partial charge on any atom is 0.263 e. The molecule has 0 unspecified atom stereocenters. The number of hydrogen-bond donors (Lipinski definition) is 1. The number of thioether (sulfide) groups is 1. The number of halogens is 1. The van der Waals surface area contributed by atoms with Gasteiger partial charge in [-0.3, -0.25) is 9.71 Å². The van der Waals surface area contributed by atoms with E-state index in [2.05, 4.69) is 9.71 Å². The number of rotatable bonds is 3. The van der Waals surface area contributed by atoms with E-state index >= 15 is 0 Å². The molecule has 1 saturated carbocycles. The third-order valence-corrected chi connectivity index (χ3v) is 5.74. The summed E-state index contributed by atoms with van der Waals surface area (Å²) in [5.41, 5.74) is 0. The zero-order valence-electron chi connectivity index (χ0n) is 11.9. The molecule has 4 nitrogen and oxygen atoms in total. The molecule has 0 amide bonds. The average molecular weight is 347 g/mol. The Morgan fingerprint density at radius 1 is 1.24 bits per heavy atom. The van der Waals surface area contributed by atoms with Crippen LogP contribution in [0.2, 0.25) is 5.02 Å². The van der Waals surface area contributed by atoms with E-state index in [1.54, 1.807) is 12.1 Å². The second kappa shape index (κ2) is 7.51. The maximum absolute atomic E-state index is 12.3. The lowest BCUT2D eigenvalue weighted by molar-refractivity contribution is 0.443. The van der Waals surface area contributed by atoms with E-state index in [-0.39, 0.29) is 10.9 Å². The monoisotopic (exact) mass is 346 g/mol. The third-order valence-electron chi connectivity index (χ3n) is 3.41. The molecule has 0 spiro atoms. The zero-order chi connectivity index (χ0) is 15.3. The Labute approximate surface area is 135 Å².